The van der Waals surface area contributed by atoms with E-state index in [1.165, 1.54) is 13.4 Å². The Hall–Kier alpha value is -2.38. The summed E-state index contributed by atoms with van der Waals surface area (Å²) in [6.45, 7) is 3.75. The van der Waals surface area contributed by atoms with Crippen LogP contribution in [0.15, 0.2) is 6.33 Å². The molecule has 1 amide bonds. The van der Waals surface area contributed by atoms with Gasteiger partial charge in [-0.15, -0.1) is 0 Å². The topological polar surface area (TPSA) is 122 Å². The average molecular weight is 264 g/mol. The van der Waals surface area contributed by atoms with Gasteiger partial charge in [0.1, 0.15) is 6.33 Å². The van der Waals surface area contributed by atoms with Crippen LogP contribution < -0.4 is 16.2 Å². The number of hydrogen-bond donors (Lipinski definition) is 2. The molecule has 0 aromatic carbocycles. The highest BCUT2D eigenvalue weighted by atomic mass is 16.5. The molecule has 2 heterocycles. The number of rotatable bonds is 4. The van der Waals surface area contributed by atoms with Crippen LogP contribution in [-0.2, 0) is 11.3 Å². The minimum atomic E-state index is -0.764. The quantitative estimate of drug-likeness (QED) is 0.797. The lowest BCUT2D eigenvalue weighted by atomic mass is 9.93. The molecular weight excluding hydrogens is 248 g/mol. The lowest BCUT2D eigenvalue weighted by Gasteiger charge is -2.21. The summed E-state index contributed by atoms with van der Waals surface area (Å²) in [5.41, 5.74) is 11.4. The van der Waals surface area contributed by atoms with Crippen molar-refractivity contribution in [2.45, 2.75) is 20.4 Å². The highest BCUT2D eigenvalue weighted by Gasteiger charge is 2.28. The highest BCUT2D eigenvalue weighted by molar-refractivity contribution is 5.81. The van der Waals surface area contributed by atoms with E-state index >= 15 is 0 Å². The second-order valence-corrected chi connectivity index (χ2v) is 4.86. The van der Waals surface area contributed by atoms with Crippen LogP contribution in [0.4, 0.5) is 5.95 Å². The molecule has 8 nitrogen and oxygen atoms in total. The molecule has 0 aliphatic heterocycles. The SMILES string of the molecule is COc1ncnc2c1nc(N)n2CC(C)(C)C(N)=O. The smallest absolute Gasteiger partial charge is 0.245 e. The van der Waals surface area contributed by atoms with Crippen molar-refractivity contribution in [2.75, 3.05) is 12.8 Å². The zero-order chi connectivity index (χ0) is 14.2. The lowest BCUT2D eigenvalue weighted by Crippen LogP contribution is -2.35. The number of aromatic nitrogens is 4. The summed E-state index contributed by atoms with van der Waals surface area (Å²) in [6, 6.07) is 0. The number of primary amides is 1. The van der Waals surface area contributed by atoms with Crippen LogP contribution in [0.1, 0.15) is 13.8 Å². The van der Waals surface area contributed by atoms with Crippen LogP contribution in [-0.4, -0.2) is 32.5 Å². The number of nitrogens with two attached hydrogens (primary N) is 2. The second-order valence-electron chi connectivity index (χ2n) is 4.86. The number of imidazole rings is 1. The molecule has 19 heavy (non-hydrogen) atoms. The predicted molar refractivity (Wildman–Crippen MR) is 69.3 cm³/mol. The maximum absolute atomic E-state index is 11.4. The van der Waals surface area contributed by atoms with Crippen molar-refractivity contribution in [3.8, 4) is 5.88 Å². The van der Waals surface area contributed by atoms with E-state index < -0.39 is 11.3 Å². The number of hydrogen-bond acceptors (Lipinski definition) is 6. The van der Waals surface area contributed by atoms with Crippen molar-refractivity contribution in [3.05, 3.63) is 6.33 Å². The molecule has 2 rings (SSSR count). The molecule has 2 aromatic heterocycles. The monoisotopic (exact) mass is 264 g/mol. The Balaban J connectivity index is 2.56. The van der Waals surface area contributed by atoms with Gasteiger partial charge in [-0.2, -0.15) is 4.98 Å². The largest absolute Gasteiger partial charge is 0.479 e. The van der Waals surface area contributed by atoms with E-state index in [0.717, 1.165) is 0 Å². The fourth-order valence-corrected chi connectivity index (χ4v) is 1.71. The molecule has 0 spiro atoms. The summed E-state index contributed by atoms with van der Waals surface area (Å²) in [7, 11) is 1.49. The molecule has 0 bridgehead atoms. The fraction of sp³-hybridized carbons (Fsp3) is 0.455. The third-order valence-electron chi connectivity index (χ3n) is 2.94. The van der Waals surface area contributed by atoms with Gasteiger partial charge in [0.15, 0.2) is 11.2 Å². The molecular formula is C11H16N6O2. The Morgan fingerprint density at radius 2 is 2.16 bits per heavy atom. The molecule has 0 aliphatic rings. The third-order valence-corrected chi connectivity index (χ3v) is 2.94. The third kappa shape index (κ3) is 2.16. The number of amides is 1. The molecule has 0 aliphatic carbocycles. The van der Waals surface area contributed by atoms with Crippen molar-refractivity contribution in [1.82, 2.24) is 19.5 Å². The van der Waals surface area contributed by atoms with E-state index in [0.29, 0.717) is 17.0 Å². The fourth-order valence-electron chi connectivity index (χ4n) is 1.71. The van der Waals surface area contributed by atoms with E-state index in [9.17, 15) is 4.79 Å². The van der Waals surface area contributed by atoms with Crippen molar-refractivity contribution in [1.29, 1.82) is 0 Å². The summed E-state index contributed by atoms with van der Waals surface area (Å²) < 4.78 is 6.73. The van der Waals surface area contributed by atoms with Crippen LogP contribution in [0.2, 0.25) is 0 Å². The van der Waals surface area contributed by atoms with Crippen molar-refractivity contribution in [2.24, 2.45) is 11.1 Å². The van der Waals surface area contributed by atoms with Gasteiger partial charge in [0.25, 0.3) is 0 Å². The van der Waals surface area contributed by atoms with Gasteiger partial charge in [0.05, 0.1) is 12.5 Å². The summed E-state index contributed by atoms with van der Waals surface area (Å²) in [5.74, 6) is 0.158. The number of carbonyl (C=O) groups is 1. The van der Waals surface area contributed by atoms with Crippen LogP contribution in [0.3, 0.4) is 0 Å². The van der Waals surface area contributed by atoms with Gasteiger partial charge in [-0.05, 0) is 13.8 Å². The minimum absolute atomic E-state index is 0.239. The molecule has 102 valence electrons. The maximum Gasteiger partial charge on any atom is 0.245 e. The van der Waals surface area contributed by atoms with Gasteiger partial charge in [-0.1, -0.05) is 0 Å². The van der Waals surface area contributed by atoms with Crippen molar-refractivity contribution in [3.63, 3.8) is 0 Å². The number of nitrogens with zero attached hydrogens (tertiary/aromatic N) is 4. The molecule has 4 N–H and O–H groups in total. The van der Waals surface area contributed by atoms with Crippen LogP contribution in [0.5, 0.6) is 5.88 Å². The van der Waals surface area contributed by atoms with E-state index in [4.69, 9.17) is 16.2 Å². The van der Waals surface area contributed by atoms with Gasteiger partial charge in [-0.25, -0.2) is 9.97 Å². The molecule has 2 aromatic rings. The van der Waals surface area contributed by atoms with Crippen molar-refractivity contribution < 1.29 is 9.53 Å². The Bertz CT molecular complexity index is 633. The summed E-state index contributed by atoms with van der Waals surface area (Å²) in [6.07, 6.45) is 1.36. The van der Waals surface area contributed by atoms with E-state index in [-0.39, 0.29) is 12.5 Å². The zero-order valence-corrected chi connectivity index (χ0v) is 11.0. The van der Waals surface area contributed by atoms with Gasteiger partial charge in [0.2, 0.25) is 17.7 Å². The number of fused-ring (bicyclic) bond motifs is 1. The van der Waals surface area contributed by atoms with Gasteiger partial charge in [-0.3, -0.25) is 9.36 Å². The molecule has 0 radical (unpaired) electrons. The predicted octanol–water partition coefficient (Wildman–Crippen LogP) is -0.0714. The second kappa shape index (κ2) is 4.38. The average Bonchev–Trinajstić information content (AvgIpc) is 2.65. The van der Waals surface area contributed by atoms with E-state index in [2.05, 4.69) is 15.0 Å². The van der Waals surface area contributed by atoms with Gasteiger partial charge >= 0.3 is 0 Å². The van der Waals surface area contributed by atoms with Crippen LogP contribution in [0, 0.1) is 5.41 Å². The molecule has 0 unspecified atom stereocenters. The normalized spacial score (nSPS) is 11.7. The van der Waals surface area contributed by atoms with Crippen molar-refractivity contribution >= 4 is 23.0 Å². The number of methoxy groups -OCH3 is 1. The number of carbonyl (C=O) groups excluding carboxylic acids is 1. The molecule has 0 saturated heterocycles. The number of nitrogen functional groups attached to an aromatic ring is 1. The van der Waals surface area contributed by atoms with Gasteiger partial charge in [0, 0.05) is 6.54 Å². The Kier molecular flexibility index (Phi) is 3.01. The van der Waals surface area contributed by atoms with Crippen LogP contribution in [0.25, 0.3) is 11.2 Å². The minimum Gasteiger partial charge on any atom is -0.479 e. The first kappa shape index (κ1) is 13.1. The Morgan fingerprint density at radius 1 is 1.47 bits per heavy atom. The number of anilines is 1. The lowest BCUT2D eigenvalue weighted by molar-refractivity contribution is -0.126. The first-order valence-electron chi connectivity index (χ1n) is 5.67. The summed E-state index contributed by atoms with van der Waals surface area (Å²) in [4.78, 5) is 23.7. The molecule has 0 atom stereocenters. The Morgan fingerprint density at radius 3 is 2.74 bits per heavy atom. The summed E-state index contributed by atoms with van der Waals surface area (Å²) >= 11 is 0. The highest BCUT2D eigenvalue weighted by Crippen LogP contribution is 2.26. The molecule has 0 fully saturated rings. The first-order valence-corrected chi connectivity index (χ1v) is 5.67. The number of ether oxygens (including phenoxy) is 1. The van der Waals surface area contributed by atoms with Crippen LogP contribution >= 0.6 is 0 Å². The van der Waals surface area contributed by atoms with E-state index in [1.54, 1.807) is 18.4 Å². The molecule has 8 heteroatoms. The standard InChI is InChI=1S/C11H16N6O2/c1-11(2,9(12)18)4-17-7-6(16-10(17)13)8(19-3)15-5-14-7/h5H,4H2,1-3H3,(H2,12,18)(H2,13,16). The Labute approximate surface area is 109 Å². The maximum atomic E-state index is 11.4. The molecule has 0 saturated carbocycles. The first-order chi connectivity index (χ1) is 8.86. The van der Waals surface area contributed by atoms with E-state index in [1.807, 2.05) is 0 Å². The summed E-state index contributed by atoms with van der Waals surface area (Å²) in [5, 5.41) is 0. The van der Waals surface area contributed by atoms with Gasteiger partial charge < -0.3 is 16.2 Å². The zero-order valence-electron chi connectivity index (χ0n) is 11.0.